The Kier molecular flexibility index (Phi) is 4.75. The summed E-state index contributed by atoms with van der Waals surface area (Å²) in [6.45, 7) is 5.52. The summed E-state index contributed by atoms with van der Waals surface area (Å²) >= 11 is 0. The molecule has 1 heterocycles. The Bertz CT molecular complexity index is 378. The summed E-state index contributed by atoms with van der Waals surface area (Å²) in [5.41, 5.74) is 2.74. The molecule has 0 spiro atoms. The summed E-state index contributed by atoms with van der Waals surface area (Å²) in [4.78, 5) is 2.47. The molecule has 2 atom stereocenters. The van der Waals surface area contributed by atoms with Gasteiger partial charge in [-0.25, -0.2) is 0 Å². The van der Waals surface area contributed by atoms with Gasteiger partial charge < -0.3 is 15.5 Å². The fourth-order valence-corrected chi connectivity index (χ4v) is 2.71. The van der Waals surface area contributed by atoms with E-state index in [1.807, 2.05) is 0 Å². The van der Waals surface area contributed by atoms with Crippen molar-refractivity contribution in [2.45, 2.75) is 25.4 Å². The highest BCUT2D eigenvalue weighted by molar-refractivity contribution is 5.25. The first-order valence-electron chi connectivity index (χ1n) is 6.85. The zero-order valence-corrected chi connectivity index (χ0v) is 11.7. The quantitative estimate of drug-likeness (QED) is 0.845. The van der Waals surface area contributed by atoms with Crippen LogP contribution in [0.4, 0.5) is 0 Å². The third-order valence-electron chi connectivity index (χ3n) is 3.95. The van der Waals surface area contributed by atoms with E-state index < -0.39 is 0 Å². The van der Waals surface area contributed by atoms with E-state index in [1.54, 1.807) is 0 Å². The van der Waals surface area contributed by atoms with Crippen LogP contribution >= 0.6 is 0 Å². The van der Waals surface area contributed by atoms with Crippen molar-refractivity contribution in [1.82, 2.24) is 15.5 Å². The standard InChI is InChI=1S/C15H25N3/c1-12-5-4-6-13(9-12)15(16-2)10-14-11-17-7-8-18(14)3/h4-6,9,14-17H,7-8,10-11H2,1-3H3. The first kappa shape index (κ1) is 13.5. The van der Waals surface area contributed by atoms with Crippen LogP contribution in [0.15, 0.2) is 24.3 Å². The van der Waals surface area contributed by atoms with Crippen LogP contribution in [0.3, 0.4) is 0 Å². The lowest BCUT2D eigenvalue weighted by Gasteiger charge is -2.35. The van der Waals surface area contributed by atoms with Crippen LogP contribution in [0.1, 0.15) is 23.6 Å². The fraction of sp³-hybridized carbons (Fsp3) is 0.600. The average molecular weight is 247 g/mol. The maximum Gasteiger partial charge on any atom is 0.0333 e. The van der Waals surface area contributed by atoms with Gasteiger partial charge in [-0.1, -0.05) is 29.8 Å². The lowest BCUT2D eigenvalue weighted by Crippen LogP contribution is -2.50. The number of aryl methyl sites for hydroxylation is 1. The van der Waals surface area contributed by atoms with Gasteiger partial charge in [0.15, 0.2) is 0 Å². The van der Waals surface area contributed by atoms with Gasteiger partial charge in [-0.2, -0.15) is 0 Å². The minimum atomic E-state index is 0.442. The highest BCUT2D eigenvalue weighted by Gasteiger charge is 2.22. The van der Waals surface area contributed by atoms with Crippen LogP contribution in [-0.4, -0.2) is 44.7 Å². The molecule has 0 aromatic heterocycles. The summed E-state index contributed by atoms with van der Waals surface area (Å²) in [5, 5.41) is 6.95. The molecule has 0 aliphatic carbocycles. The maximum atomic E-state index is 3.49. The highest BCUT2D eigenvalue weighted by atomic mass is 15.2. The normalized spacial score (nSPS) is 22.9. The van der Waals surface area contributed by atoms with Gasteiger partial charge in [0.1, 0.15) is 0 Å². The van der Waals surface area contributed by atoms with Crippen LogP contribution in [-0.2, 0) is 0 Å². The van der Waals surface area contributed by atoms with E-state index in [0.29, 0.717) is 12.1 Å². The van der Waals surface area contributed by atoms with Gasteiger partial charge in [-0.15, -0.1) is 0 Å². The molecule has 1 aromatic carbocycles. The Morgan fingerprint density at radius 2 is 2.33 bits per heavy atom. The van der Waals surface area contributed by atoms with Crippen LogP contribution in [0, 0.1) is 6.92 Å². The molecule has 1 saturated heterocycles. The third-order valence-corrected chi connectivity index (χ3v) is 3.95. The van der Waals surface area contributed by atoms with Crippen LogP contribution < -0.4 is 10.6 Å². The van der Waals surface area contributed by atoms with Crippen molar-refractivity contribution in [2.75, 3.05) is 33.7 Å². The molecule has 18 heavy (non-hydrogen) atoms. The van der Waals surface area contributed by atoms with Crippen LogP contribution in [0.25, 0.3) is 0 Å². The van der Waals surface area contributed by atoms with Crippen LogP contribution in [0.2, 0.25) is 0 Å². The molecule has 1 aliphatic heterocycles. The van der Waals surface area contributed by atoms with Crippen molar-refractivity contribution in [3.05, 3.63) is 35.4 Å². The predicted octanol–water partition coefficient (Wildman–Crippen LogP) is 1.55. The molecule has 0 radical (unpaired) electrons. The molecular weight excluding hydrogens is 222 g/mol. The van der Waals surface area contributed by atoms with E-state index in [0.717, 1.165) is 26.1 Å². The molecule has 3 heteroatoms. The van der Waals surface area contributed by atoms with Gasteiger partial charge in [0, 0.05) is 31.7 Å². The number of nitrogens with one attached hydrogen (secondary N) is 2. The van der Waals surface area contributed by atoms with E-state index in [1.165, 1.54) is 11.1 Å². The fourth-order valence-electron chi connectivity index (χ4n) is 2.71. The third kappa shape index (κ3) is 3.31. The molecule has 0 saturated carbocycles. The van der Waals surface area contributed by atoms with Crippen molar-refractivity contribution in [1.29, 1.82) is 0 Å². The largest absolute Gasteiger partial charge is 0.314 e. The van der Waals surface area contributed by atoms with Gasteiger partial charge in [-0.3, -0.25) is 0 Å². The van der Waals surface area contributed by atoms with E-state index in [2.05, 4.69) is 60.8 Å². The summed E-state index contributed by atoms with van der Waals surface area (Å²) in [5.74, 6) is 0. The molecule has 1 fully saturated rings. The SMILES string of the molecule is CNC(CC1CNCCN1C)c1cccc(C)c1. The summed E-state index contributed by atoms with van der Waals surface area (Å²) in [7, 11) is 4.29. The molecule has 2 unspecified atom stereocenters. The number of benzene rings is 1. The van der Waals surface area contributed by atoms with Crippen molar-refractivity contribution >= 4 is 0 Å². The van der Waals surface area contributed by atoms with Crippen molar-refractivity contribution in [2.24, 2.45) is 0 Å². The topological polar surface area (TPSA) is 27.3 Å². The predicted molar refractivity (Wildman–Crippen MR) is 76.9 cm³/mol. The number of rotatable bonds is 4. The summed E-state index contributed by atoms with van der Waals surface area (Å²) < 4.78 is 0. The molecule has 1 aliphatic rings. The van der Waals surface area contributed by atoms with Gasteiger partial charge >= 0.3 is 0 Å². The Morgan fingerprint density at radius 1 is 1.50 bits per heavy atom. The molecule has 2 N–H and O–H groups in total. The van der Waals surface area contributed by atoms with Crippen LogP contribution in [0.5, 0.6) is 0 Å². The van der Waals surface area contributed by atoms with Crippen molar-refractivity contribution in [3.63, 3.8) is 0 Å². The number of hydrogen-bond donors (Lipinski definition) is 2. The van der Waals surface area contributed by atoms with Gasteiger partial charge in [0.25, 0.3) is 0 Å². The maximum absolute atomic E-state index is 3.49. The van der Waals surface area contributed by atoms with Gasteiger partial charge in [0.05, 0.1) is 0 Å². The lowest BCUT2D eigenvalue weighted by molar-refractivity contribution is 0.178. The second-order valence-electron chi connectivity index (χ2n) is 5.33. The molecule has 2 rings (SSSR count). The highest BCUT2D eigenvalue weighted by Crippen LogP contribution is 2.21. The first-order valence-corrected chi connectivity index (χ1v) is 6.85. The van der Waals surface area contributed by atoms with Gasteiger partial charge in [0.2, 0.25) is 0 Å². The monoisotopic (exact) mass is 247 g/mol. The molecular formula is C15H25N3. The zero-order valence-electron chi connectivity index (χ0n) is 11.7. The van der Waals surface area contributed by atoms with E-state index in [4.69, 9.17) is 0 Å². The summed E-state index contributed by atoms with van der Waals surface area (Å²) in [6.07, 6.45) is 1.16. The first-order chi connectivity index (χ1) is 8.70. The lowest BCUT2D eigenvalue weighted by atomic mass is 9.96. The van der Waals surface area contributed by atoms with E-state index in [9.17, 15) is 0 Å². The number of likely N-dealkylation sites (N-methyl/N-ethyl adjacent to an activating group) is 1. The minimum Gasteiger partial charge on any atom is -0.314 e. The number of piperazine rings is 1. The van der Waals surface area contributed by atoms with Crippen molar-refractivity contribution in [3.8, 4) is 0 Å². The second-order valence-corrected chi connectivity index (χ2v) is 5.33. The Balaban J connectivity index is 2.04. The average Bonchev–Trinajstić information content (AvgIpc) is 2.38. The molecule has 1 aromatic rings. The van der Waals surface area contributed by atoms with E-state index in [-0.39, 0.29) is 0 Å². The van der Waals surface area contributed by atoms with Gasteiger partial charge in [-0.05, 0) is 33.0 Å². The minimum absolute atomic E-state index is 0.442. The molecule has 0 amide bonds. The second kappa shape index (κ2) is 6.32. The Hall–Kier alpha value is -0.900. The zero-order chi connectivity index (χ0) is 13.0. The Morgan fingerprint density at radius 3 is 3.00 bits per heavy atom. The smallest absolute Gasteiger partial charge is 0.0333 e. The summed E-state index contributed by atoms with van der Waals surface area (Å²) in [6, 6.07) is 9.89. The molecule has 100 valence electrons. The molecule has 0 bridgehead atoms. The Labute approximate surface area is 111 Å². The number of nitrogens with zero attached hydrogens (tertiary/aromatic N) is 1. The van der Waals surface area contributed by atoms with Crippen molar-refractivity contribution < 1.29 is 0 Å². The number of hydrogen-bond acceptors (Lipinski definition) is 3. The molecule has 3 nitrogen and oxygen atoms in total. The van der Waals surface area contributed by atoms with E-state index >= 15 is 0 Å².